The highest BCUT2D eigenvalue weighted by Crippen LogP contribution is 2.26. The predicted octanol–water partition coefficient (Wildman–Crippen LogP) is 2.26. The third kappa shape index (κ3) is 2.05. The summed E-state index contributed by atoms with van der Waals surface area (Å²) in [5.41, 5.74) is 10.3. The maximum atomic E-state index is 6.02. The van der Waals surface area contributed by atoms with Crippen molar-refractivity contribution in [2.24, 2.45) is 0 Å². The van der Waals surface area contributed by atoms with Gasteiger partial charge in [-0.1, -0.05) is 6.42 Å². The average Bonchev–Trinajstić information content (AvgIpc) is 2.16. The van der Waals surface area contributed by atoms with Gasteiger partial charge in [0.15, 0.2) is 0 Å². The molecule has 1 fully saturated rings. The van der Waals surface area contributed by atoms with Crippen molar-refractivity contribution in [3.63, 3.8) is 0 Å². The van der Waals surface area contributed by atoms with Crippen LogP contribution in [0.3, 0.4) is 0 Å². The van der Waals surface area contributed by atoms with E-state index >= 15 is 0 Å². The Bertz CT molecular complexity index is 383. The molecule has 1 aromatic heterocycles. The number of pyridine rings is 1. The predicted molar refractivity (Wildman–Crippen MR) is 67.2 cm³/mol. The molecule has 3 heteroatoms. The summed E-state index contributed by atoms with van der Waals surface area (Å²) in [6.07, 6.45) is 5.91. The van der Waals surface area contributed by atoms with Gasteiger partial charge >= 0.3 is 0 Å². The van der Waals surface area contributed by atoms with Gasteiger partial charge in [-0.25, -0.2) is 0 Å². The normalized spacial score (nSPS) is 16.5. The zero-order valence-electron chi connectivity index (χ0n) is 10.5. The number of hydrogen-bond acceptors (Lipinski definition) is 3. The molecule has 0 amide bonds. The molecule has 16 heavy (non-hydrogen) atoms. The largest absolute Gasteiger partial charge is 0.398 e. The van der Waals surface area contributed by atoms with Crippen molar-refractivity contribution in [1.82, 2.24) is 9.88 Å². The number of nitrogen functional groups attached to an aromatic ring is 1. The first-order valence-corrected chi connectivity index (χ1v) is 6.00. The smallest absolute Gasteiger partial charge is 0.0593 e. The molecule has 1 heterocycles. The molecule has 1 aliphatic rings. The van der Waals surface area contributed by atoms with Gasteiger partial charge in [0, 0.05) is 24.5 Å². The molecule has 0 aromatic carbocycles. The summed E-state index contributed by atoms with van der Waals surface area (Å²) in [6.45, 7) is 5.00. The number of hydrogen-bond donors (Lipinski definition) is 1. The van der Waals surface area contributed by atoms with Gasteiger partial charge in [0.2, 0.25) is 0 Å². The van der Waals surface area contributed by atoms with E-state index in [1.165, 1.54) is 19.3 Å². The van der Waals surface area contributed by atoms with E-state index in [0.717, 1.165) is 35.1 Å². The Kier molecular flexibility index (Phi) is 3.15. The fourth-order valence-corrected chi connectivity index (χ4v) is 2.14. The lowest BCUT2D eigenvalue weighted by Gasteiger charge is -2.34. The van der Waals surface area contributed by atoms with Gasteiger partial charge in [0.1, 0.15) is 0 Å². The van der Waals surface area contributed by atoms with Crippen LogP contribution in [0.4, 0.5) is 5.69 Å². The van der Waals surface area contributed by atoms with E-state index in [1.54, 1.807) is 0 Å². The van der Waals surface area contributed by atoms with Gasteiger partial charge in [-0.15, -0.1) is 0 Å². The second kappa shape index (κ2) is 4.42. The van der Waals surface area contributed by atoms with Crippen LogP contribution < -0.4 is 5.73 Å². The van der Waals surface area contributed by atoms with Gasteiger partial charge < -0.3 is 5.73 Å². The maximum Gasteiger partial charge on any atom is 0.0593 e. The lowest BCUT2D eigenvalue weighted by molar-refractivity contribution is 0.151. The Hall–Kier alpha value is -1.09. The summed E-state index contributed by atoms with van der Waals surface area (Å²) in [4.78, 5) is 6.89. The zero-order valence-corrected chi connectivity index (χ0v) is 10.5. The van der Waals surface area contributed by atoms with Crippen LogP contribution in [-0.4, -0.2) is 23.0 Å². The highest BCUT2D eigenvalue weighted by molar-refractivity contribution is 5.53. The van der Waals surface area contributed by atoms with Crippen LogP contribution in [-0.2, 0) is 6.54 Å². The van der Waals surface area contributed by atoms with Crippen molar-refractivity contribution in [1.29, 1.82) is 0 Å². The van der Waals surface area contributed by atoms with Crippen molar-refractivity contribution >= 4 is 5.69 Å². The molecule has 0 atom stereocenters. The summed E-state index contributed by atoms with van der Waals surface area (Å²) < 4.78 is 0. The number of nitrogens with two attached hydrogens (primary N) is 1. The van der Waals surface area contributed by atoms with Crippen LogP contribution in [0.25, 0.3) is 0 Å². The Balaban J connectivity index is 2.11. The Labute approximate surface area is 97.7 Å². The third-order valence-electron chi connectivity index (χ3n) is 3.77. The summed E-state index contributed by atoms with van der Waals surface area (Å²) in [5.74, 6) is 0. The highest BCUT2D eigenvalue weighted by Gasteiger charge is 2.22. The molecule has 2 rings (SSSR count). The molecular weight excluding hydrogens is 198 g/mol. The van der Waals surface area contributed by atoms with Crippen molar-refractivity contribution in [2.75, 3.05) is 12.8 Å². The summed E-state index contributed by atoms with van der Waals surface area (Å²) in [7, 11) is 2.18. The average molecular weight is 219 g/mol. The lowest BCUT2D eigenvalue weighted by atomic mass is 9.91. The molecule has 0 unspecified atom stereocenters. The molecule has 0 bridgehead atoms. The van der Waals surface area contributed by atoms with Crippen LogP contribution >= 0.6 is 0 Å². The number of aromatic nitrogens is 1. The van der Waals surface area contributed by atoms with Crippen LogP contribution in [0, 0.1) is 13.8 Å². The highest BCUT2D eigenvalue weighted by atomic mass is 15.1. The number of nitrogens with zero attached hydrogens (tertiary/aromatic N) is 2. The van der Waals surface area contributed by atoms with E-state index in [1.807, 2.05) is 13.1 Å². The molecule has 88 valence electrons. The molecule has 0 spiro atoms. The first kappa shape index (κ1) is 11.4. The Morgan fingerprint density at radius 2 is 2.12 bits per heavy atom. The monoisotopic (exact) mass is 219 g/mol. The number of rotatable bonds is 3. The molecular formula is C13H21N3. The molecule has 0 radical (unpaired) electrons. The van der Waals surface area contributed by atoms with Crippen molar-refractivity contribution in [3.8, 4) is 0 Å². The number of anilines is 1. The van der Waals surface area contributed by atoms with Crippen molar-refractivity contribution < 1.29 is 0 Å². The van der Waals surface area contributed by atoms with Gasteiger partial charge in [-0.3, -0.25) is 9.88 Å². The van der Waals surface area contributed by atoms with Crippen LogP contribution in [0.2, 0.25) is 0 Å². The van der Waals surface area contributed by atoms with Gasteiger partial charge in [0.25, 0.3) is 0 Å². The van der Waals surface area contributed by atoms with Crippen LogP contribution in [0.15, 0.2) is 6.20 Å². The fourth-order valence-electron chi connectivity index (χ4n) is 2.14. The van der Waals surface area contributed by atoms with Crippen molar-refractivity contribution in [3.05, 3.63) is 23.0 Å². The molecule has 2 N–H and O–H groups in total. The third-order valence-corrected chi connectivity index (χ3v) is 3.77. The minimum Gasteiger partial charge on any atom is -0.398 e. The Morgan fingerprint density at radius 1 is 1.44 bits per heavy atom. The summed E-state index contributed by atoms with van der Waals surface area (Å²) in [6, 6.07) is 0.753. The van der Waals surface area contributed by atoms with E-state index in [9.17, 15) is 0 Å². The molecule has 0 aliphatic heterocycles. The quantitative estimate of drug-likeness (QED) is 0.848. The topological polar surface area (TPSA) is 42.2 Å². The van der Waals surface area contributed by atoms with Gasteiger partial charge in [0.05, 0.1) is 5.69 Å². The van der Waals surface area contributed by atoms with Gasteiger partial charge in [-0.05, 0) is 44.9 Å². The maximum absolute atomic E-state index is 6.02. The first-order valence-electron chi connectivity index (χ1n) is 6.00. The van der Waals surface area contributed by atoms with E-state index in [2.05, 4.69) is 23.9 Å². The summed E-state index contributed by atoms with van der Waals surface area (Å²) in [5, 5.41) is 0. The molecule has 1 saturated carbocycles. The first-order chi connectivity index (χ1) is 7.59. The SMILES string of the molecule is Cc1cnc(CN(C)C2CCC2)c(C)c1N. The molecule has 0 saturated heterocycles. The fraction of sp³-hybridized carbons (Fsp3) is 0.615. The second-order valence-corrected chi connectivity index (χ2v) is 4.93. The lowest BCUT2D eigenvalue weighted by Crippen LogP contribution is -2.36. The zero-order chi connectivity index (χ0) is 11.7. The van der Waals surface area contributed by atoms with Crippen LogP contribution in [0.1, 0.15) is 36.1 Å². The van der Waals surface area contributed by atoms with E-state index in [0.29, 0.717) is 0 Å². The standard InChI is InChI=1S/C13H21N3/c1-9-7-15-12(10(2)13(9)14)8-16(3)11-5-4-6-11/h7,11H,4-6,8H2,1-3H3,(H2,14,15). The molecule has 1 aliphatic carbocycles. The van der Waals surface area contributed by atoms with Gasteiger partial charge in [-0.2, -0.15) is 0 Å². The minimum atomic E-state index is 0.753. The van der Waals surface area contributed by atoms with E-state index in [4.69, 9.17) is 5.73 Å². The van der Waals surface area contributed by atoms with E-state index < -0.39 is 0 Å². The van der Waals surface area contributed by atoms with Crippen LogP contribution in [0.5, 0.6) is 0 Å². The van der Waals surface area contributed by atoms with Crippen molar-refractivity contribution in [2.45, 2.75) is 45.7 Å². The second-order valence-electron chi connectivity index (χ2n) is 4.93. The summed E-state index contributed by atoms with van der Waals surface area (Å²) >= 11 is 0. The number of aryl methyl sites for hydroxylation is 1. The van der Waals surface area contributed by atoms with E-state index in [-0.39, 0.29) is 0 Å². The Morgan fingerprint density at radius 3 is 2.69 bits per heavy atom. The molecule has 1 aromatic rings. The minimum absolute atomic E-state index is 0.753. The molecule has 3 nitrogen and oxygen atoms in total.